The number of carboxylic acid groups (broad SMARTS) is 1. The molecular weight excluding hydrogens is 273 g/mol. The molecular formula is C16H17FNO3-. The molecule has 1 aliphatic carbocycles. The maximum absolute atomic E-state index is 13.1. The fourth-order valence-corrected chi connectivity index (χ4v) is 2.62. The minimum absolute atomic E-state index is 0.315. The van der Waals surface area contributed by atoms with Crippen LogP contribution in [0.25, 0.3) is 0 Å². The molecule has 112 valence electrons. The number of nitrogens with one attached hydrogen (secondary N) is 1. The van der Waals surface area contributed by atoms with E-state index in [1.54, 1.807) is 6.07 Å². The van der Waals surface area contributed by atoms with Crippen molar-refractivity contribution in [2.75, 3.05) is 5.32 Å². The number of anilines is 1. The second-order valence-electron chi connectivity index (χ2n) is 5.50. The SMILES string of the molecule is CC1=C(C)C[C@@H](C(=O)Nc2cccc(F)c2)[C@@H](C(=O)[O-])C1. The van der Waals surface area contributed by atoms with Crippen molar-refractivity contribution in [1.29, 1.82) is 0 Å². The lowest BCUT2D eigenvalue weighted by molar-refractivity contribution is -0.313. The first-order chi connectivity index (χ1) is 9.88. The molecule has 1 amide bonds. The van der Waals surface area contributed by atoms with Crippen LogP contribution in [-0.2, 0) is 9.59 Å². The topological polar surface area (TPSA) is 69.2 Å². The van der Waals surface area contributed by atoms with E-state index in [1.165, 1.54) is 18.2 Å². The van der Waals surface area contributed by atoms with Gasteiger partial charge in [0.15, 0.2) is 0 Å². The Kier molecular flexibility index (Phi) is 4.40. The second-order valence-corrected chi connectivity index (χ2v) is 5.50. The molecule has 0 fully saturated rings. The van der Waals surface area contributed by atoms with E-state index in [2.05, 4.69) is 5.32 Å². The van der Waals surface area contributed by atoms with Gasteiger partial charge in [-0.1, -0.05) is 17.2 Å². The van der Waals surface area contributed by atoms with Crippen molar-refractivity contribution in [3.63, 3.8) is 0 Å². The summed E-state index contributed by atoms with van der Waals surface area (Å²) in [7, 11) is 0. The molecule has 1 aromatic carbocycles. The summed E-state index contributed by atoms with van der Waals surface area (Å²) in [6.07, 6.45) is 0.695. The van der Waals surface area contributed by atoms with E-state index in [0.29, 0.717) is 18.5 Å². The molecule has 0 unspecified atom stereocenters. The molecule has 0 heterocycles. The van der Waals surface area contributed by atoms with Crippen LogP contribution in [0.1, 0.15) is 26.7 Å². The van der Waals surface area contributed by atoms with Crippen molar-refractivity contribution < 1.29 is 19.1 Å². The third-order valence-electron chi connectivity index (χ3n) is 4.00. The van der Waals surface area contributed by atoms with Gasteiger partial charge in [0, 0.05) is 17.6 Å². The molecule has 0 aliphatic heterocycles. The monoisotopic (exact) mass is 290 g/mol. The van der Waals surface area contributed by atoms with E-state index >= 15 is 0 Å². The van der Waals surface area contributed by atoms with Crippen LogP contribution in [0.3, 0.4) is 0 Å². The highest BCUT2D eigenvalue weighted by atomic mass is 19.1. The minimum atomic E-state index is -1.22. The Morgan fingerprint density at radius 1 is 1.19 bits per heavy atom. The molecule has 1 aliphatic rings. The Labute approximate surface area is 122 Å². The van der Waals surface area contributed by atoms with Gasteiger partial charge in [-0.15, -0.1) is 0 Å². The number of aliphatic carboxylic acids is 1. The summed E-state index contributed by atoms with van der Waals surface area (Å²) >= 11 is 0. The molecule has 0 saturated carbocycles. The van der Waals surface area contributed by atoms with E-state index in [4.69, 9.17) is 0 Å². The summed E-state index contributed by atoms with van der Waals surface area (Å²) in [4.78, 5) is 23.6. The maximum atomic E-state index is 13.1. The minimum Gasteiger partial charge on any atom is -0.550 e. The van der Waals surface area contributed by atoms with Crippen LogP contribution in [0.4, 0.5) is 10.1 Å². The first-order valence-corrected chi connectivity index (χ1v) is 6.81. The fourth-order valence-electron chi connectivity index (χ4n) is 2.62. The van der Waals surface area contributed by atoms with Gasteiger partial charge in [-0.3, -0.25) is 4.79 Å². The van der Waals surface area contributed by atoms with Gasteiger partial charge in [-0.2, -0.15) is 0 Å². The van der Waals surface area contributed by atoms with Gasteiger partial charge in [0.05, 0.1) is 5.92 Å². The number of rotatable bonds is 3. The van der Waals surface area contributed by atoms with E-state index in [-0.39, 0.29) is 0 Å². The lowest BCUT2D eigenvalue weighted by Crippen LogP contribution is -2.42. The number of halogens is 1. The number of allylic oxidation sites excluding steroid dienone is 2. The molecule has 0 radical (unpaired) electrons. The number of hydrogen-bond acceptors (Lipinski definition) is 3. The number of carbonyl (C=O) groups excluding carboxylic acids is 2. The number of amides is 1. The zero-order chi connectivity index (χ0) is 15.6. The highest BCUT2D eigenvalue weighted by Gasteiger charge is 2.33. The van der Waals surface area contributed by atoms with Crippen molar-refractivity contribution in [2.24, 2.45) is 11.8 Å². The summed E-state index contributed by atoms with van der Waals surface area (Å²) in [5.41, 5.74) is 2.33. The van der Waals surface area contributed by atoms with Crippen LogP contribution >= 0.6 is 0 Å². The first kappa shape index (κ1) is 15.2. The molecule has 2 rings (SSSR count). The Hall–Kier alpha value is -2.17. The largest absolute Gasteiger partial charge is 0.550 e. The highest BCUT2D eigenvalue weighted by Crippen LogP contribution is 2.34. The Balaban J connectivity index is 2.18. The van der Waals surface area contributed by atoms with Crippen LogP contribution in [0.5, 0.6) is 0 Å². The van der Waals surface area contributed by atoms with Gasteiger partial charge < -0.3 is 15.2 Å². The zero-order valence-electron chi connectivity index (χ0n) is 12.0. The average Bonchev–Trinajstić information content (AvgIpc) is 2.41. The first-order valence-electron chi connectivity index (χ1n) is 6.81. The van der Waals surface area contributed by atoms with Gasteiger partial charge >= 0.3 is 0 Å². The summed E-state index contributed by atoms with van der Waals surface area (Å²) in [6, 6.07) is 5.52. The van der Waals surface area contributed by atoms with E-state index in [9.17, 15) is 19.1 Å². The third kappa shape index (κ3) is 3.48. The molecule has 1 N–H and O–H groups in total. The van der Waals surface area contributed by atoms with Gasteiger partial charge in [-0.25, -0.2) is 4.39 Å². The third-order valence-corrected chi connectivity index (χ3v) is 4.00. The van der Waals surface area contributed by atoms with Crippen LogP contribution < -0.4 is 10.4 Å². The normalized spacial score (nSPS) is 22.0. The highest BCUT2D eigenvalue weighted by molar-refractivity contribution is 5.95. The predicted octanol–water partition coefficient (Wildman–Crippen LogP) is 1.88. The zero-order valence-corrected chi connectivity index (χ0v) is 12.0. The molecule has 4 nitrogen and oxygen atoms in total. The van der Waals surface area contributed by atoms with Crippen molar-refractivity contribution >= 4 is 17.6 Å². The average molecular weight is 290 g/mol. The van der Waals surface area contributed by atoms with Crippen molar-refractivity contribution in [3.05, 3.63) is 41.2 Å². The summed E-state index contributed by atoms with van der Waals surface area (Å²) < 4.78 is 13.1. The lowest BCUT2D eigenvalue weighted by Gasteiger charge is -2.32. The van der Waals surface area contributed by atoms with Crippen LogP contribution in [-0.4, -0.2) is 11.9 Å². The molecule has 1 aromatic rings. The van der Waals surface area contributed by atoms with Gasteiger partial charge in [0.1, 0.15) is 5.82 Å². The Morgan fingerprint density at radius 3 is 2.38 bits per heavy atom. The summed E-state index contributed by atoms with van der Waals surface area (Å²) in [5, 5.41) is 13.8. The number of hydrogen-bond donors (Lipinski definition) is 1. The van der Waals surface area contributed by atoms with Gasteiger partial charge in [-0.05, 0) is 44.9 Å². The van der Waals surface area contributed by atoms with Gasteiger partial charge in [0.2, 0.25) is 5.91 Å². The predicted molar refractivity (Wildman–Crippen MR) is 74.6 cm³/mol. The number of benzene rings is 1. The molecule has 0 bridgehead atoms. The van der Waals surface area contributed by atoms with E-state index in [0.717, 1.165) is 11.1 Å². The van der Waals surface area contributed by atoms with Crippen molar-refractivity contribution in [2.45, 2.75) is 26.7 Å². The molecule has 0 saturated heterocycles. The second kappa shape index (κ2) is 6.08. The lowest BCUT2D eigenvalue weighted by atomic mass is 9.76. The maximum Gasteiger partial charge on any atom is 0.228 e. The smallest absolute Gasteiger partial charge is 0.228 e. The molecule has 5 heteroatoms. The van der Waals surface area contributed by atoms with Crippen LogP contribution in [0.15, 0.2) is 35.4 Å². The van der Waals surface area contributed by atoms with Crippen LogP contribution in [0, 0.1) is 17.7 Å². The number of carboxylic acids is 1. The molecule has 0 aromatic heterocycles. The summed E-state index contributed by atoms with van der Waals surface area (Å²) in [6.45, 7) is 3.76. The van der Waals surface area contributed by atoms with E-state index < -0.39 is 29.5 Å². The van der Waals surface area contributed by atoms with Crippen molar-refractivity contribution in [1.82, 2.24) is 0 Å². The summed E-state index contributed by atoms with van der Waals surface area (Å²) in [5.74, 6) is -3.63. The quantitative estimate of drug-likeness (QED) is 0.864. The molecule has 21 heavy (non-hydrogen) atoms. The molecule has 0 spiro atoms. The van der Waals surface area contributed by atoms with Crippen LogP contribution in [0.2, 0.25) is 0 Å². The van der Waals surface area contributed by atoms with E-state index in [1.807, 2.05) is 13.8 Å². The van der Waals surface area contributed by atoms with Crippen molar-refractivity contribution in [3.8, 4) is 0 Å². The fraction of sp³-hybridized carbons (Fsp3) is 0.375. The molecule has 2 atom stereocenters. The van der Waals surface area contributed by atoms with Gasteiger partial charge in [0.25, 0.3) is 0 Å². The number of carbonyl (C=O) groups is 2. The Morgan fingerprint density at radius 2 is 1.81 bits per heavy atom. The Bertz CT molecular complexity index is 609. The standard InChI is InChI=1S/C16H18FNO3/c1-9-6-13(14(16(20)21)7-10(9)2)15(19)18-12-5-3-4-11(17)8-12/h3-5,8,13-14H,6-7H2,1-2H3,(H,18,19)(H,20,21)/p-1/t13-,14+/m1/s1.